The zero-order chi connectivity index (χ0) is 23.7. The number of hydrogen-bond donors (Lipinski definition) is 2. The number of likely N-dealkylation sites (tertiary alicyclic amines) is 1. The zero-order valence-corrected chi connectivity index (χ0v) is 20.4. The minimum Gasteiger partial charge on any atom is -0.444 e. The van der Waals surface area contributed by atoms with Gasteiger partial charge in [-0.05, 0) is 66.9 Å². The number of nitrogens with one attached hydrogen (secondary N) is 1. The Kier molecular flexibility index (Phi) is 6.77. The van der Waals surface area contributed by atoms with Crippen LogP contribution in [0.5, 0.6) is 0 Å². The fraction of sp³-hybridized carbons (Fsp3) is 0.583. The van der Waals surface area contributed by atoms with Crippen LogP contribution in [0.2, 0.25) is 0 Å². The van der Waals surface area contributed by atoms with Gasteiger partial charge in [0.25, 0.3) is 0 Å². The van der Waals surface area contributed by atoms with Gasteiger partial charge in [-0.3, -0.25) is 4.90 Å². The van der Waals surface area contributed by atoms with Crippen LogP contribution in [-0.2, 0) is 9.39 Å². The van der Waals surface area contributed by atoms with Gasteiger partial charge in [-0.15, -0.1) is 0 Å². The van der Waals surface area contributed by atoms with Crippen LogP contribution >= 0.6 is 0 Å². The summed E-state index contributed by atoms with van der Waals surface area (Å²) in [5.74, 6) is 0.780. The molecule has 0 bridgehead atoms. The highest BCUT2D eigenvalue weighted by Gasteiger charge is 2.36. The molecule has 2 aromatic rings. The quantitative estimate of drug-likeness (QED) is 0.668. The van der Waals surface area contributed by atoms with Crippen molar-refractivity contribution in [1.29, 1.82) is 0 Å². The topological polar surface area (TPSA) is 87.7 Å². The van der Waals surface area contributed by atoms with Crippen LogP contribution in [0.4, 0.5) is 4.79 Å². The fourth-order valence-corrected chi connectivity index (χ4v) is 3.46. The molecule has 2 heterocycles. The summed E-state index contributed by atoms with van der Waals surface area (Å²) in [6, 6.07) is 7.97. The number of nitrogens with zero attached hydrogens (tertiary/aromatic N) is 2. The first-order valence-electron chi connectivity index (χ1n) is 11.3. The maximum Gasteiger partial charge on any atom is 0.410 e. The van der Waals surface area contributed by atoms with Crippen molar-refractivity contribution in [1.82, 2.24) is 14.9 Å². The average molecular weight is 441 g/mol. The second kappa shape index (κ2) is 8.91. The van der Waals surface area contributed by atoms with Crippen molar-refractivity contribution in [2.45, 2.75) is 84.2 Å². The molecule has 7 nitrogen and oxygen atoms in total. The summed E-state index contributed by atoms with van der Waals surface area (Å²) in [5.41, 5.74) is 0.818. The molecule has 0 aliphatic carbocycles. The third kappa shape index (κ3) is 5.72. The molecular weight excluding hydrogens is 405 g/mol. The van der Waals surface area contributed by atoms with E-state index in [1.54, 1.807) is 18.7 Å². The molecule has 1 amide bonds. The van der Waals surface area contributed by atoms with Crippen LogP contribution in [0.15, 0.2) is 30.5 Å². The van der Waals surface area contributed by atoms with Gasteiger partial charge in [0.1, 0.15) is 11.4 Å². The molecule has 3 rings (SSSR count). The molecular formula is C24H36BN3O4. The normalized spacial score (nSPS) is 17.5. The SMILES string of the molecule is CC(C)(C)OC(=O)N1CCC[C@H]1c1ncc(-c2ccc(BOC(C)(C)C(C)(C)O)cc2)[nH]1. The average Bonchev–Trinajstić information content (AvgIpc) is 3.34. The molecule has 1 atom stereocenters. The maximum absolute atomic E-state index is 12.6. The molecule has 174 valence electrons. The smallest absolute Gasteiger partial charge is 0.410 e. The summed E-state index contributed by atoms with van der Waals surface area (Å²) in [5, 5.41) is 10.2. The number of carbonyl (C=O) groups is 1. The predicted molar refractivity (Wildman–Crippen MR) is 127 cm³/mol. The summed E-state index contributed by atoms with van der Waals surface area (Å²) in [7, 11) is 0.415. The largest absolute Gasteiger partial charge is 0.444 e. The third-order valence-corrected chi connectivity index (χ3v) is 6.13. The minimum atomic E-state index is -0.938. The monoisotopic (exact) mass is 441 g/mol. The number of rotatable bonds is 6. The number of aromatic nitrogens is 2. The van der Waals surface area contributed by atoms with E-state index in [2.05, 4.69) is 9.97 Å². The van der Waals surface area contributed by atoms with Crippen LogP contribution in [-0.4, -0.2) is 56.9 Å². The van der Waals surface area contributed by atoms with E-state index >= 15 is 0 Å². The van der Waals surface area contributed by atoms with E-state index in [9.17, 15) is 9.90 Å². The molecule has 32 heavy (non-hydrogen) atoms. The Hall–Kier alpha value is -2.32. The zero-order valence-electron chi connectivity index (χ0n) is 20.4. The van der Waals surface area contributed by atoms with Gasteiger partial charge < -0.3 is 19.5 Å². The van der Waals surface area contributed by atoms with E-state index in [1.807, 2.05) is 65.1 Å². The Morgan fingerprint density at radius 1 is 1.16 bits per heavy atom. The molecule has 1 aromatic carbocycles. The van der Waals surface area contributed by atoms with Crippen LogP contribution in [0.1, 0.15) is 73.2 Å². The van der Waals surface area contributed by atoms with Crippen molar-refractivity contribution in [3.05, 3.63) is 36.3 Å². The molecule has 0 spiro atoms. The number of ether oxygens (including phenoxy) is 1. The van der Waals surface area contributed by atoms with Gasteiger partial charge in [0.2, 0.25) is 0 Å². The summed E-state index contributed by atoms with van der Waals surface area (Å²) in [6.45, 7) is 13.6. The predicted octanol–water partition coefficient (Wildman–Crippen LogP) is 3.69. The summed E-state index contributed by atoms with van der Waals surface area (Å²) < 4.78 is 11.5. The molecule has 1 fully saturated rings. The lowest BCUT2D eigenvalue weighted by Crippen LogP contribution is -2.49. The van der Waals surface area contributed by atoms with Crippen molar-refractivity contribution in [3.8, 4) is 11.3 Å². The Bertz CT molecular complexity index is 926. The highest BCUT2D eigenvalue weighted by Crippen LogP contribution is 2.32. The van der Waals surface area contributed by atoms with Gasteiger partial charge in [0, 0.05) is 6.54 Å². The molecule has 0 radical (unpaired) electrons. The van der Waals surface area contributed by atoms with E-state index in [4.69, 9.17) is 9.39 Å². The lowest BCUT2D eigenvalue weighted by atomic mass is 9.82. The van der Waals surface area contributed by atoms with Crippen molar-refractivity contribution in [2.75, 3.05) is 6.54 Å². The molecule has 1 aliphatic rings. The molecule has 1 aromatic heterocycles. The number of aliphatic hydroxyl groups is 1. The van der Waals surface area contributed by atoms with E-state index in [0.717, 1.165) is 35.4 Å². The first-order chi connectivity index (χ1) is 14.8. The van der Waals surface area contributed by atoms with Gasteiger partial charge >= 0.3 is 13.6 Å². The van der Waals surface area contributed by atoms with Crippen molar-refractivity contribution < 1.29 is 19.3 Å². The minimum absolute atomic E-state index is 0.102. The highest BCUT2D eigenvalue weighted by atomic mass is 16.6. The van der Waals surface area contributed by atoms with Crippen molar-refractivity contribution in [3.63, 3.8) is 0 Å². The van der Waals surface area contributed by atoms with E-state index in [1.165, 1.54) is 0 Å². The lowest BCUT2D eigenvalue weighted by Gasteiger charge is -2.37. The van der Waals surface area contributed by atoms with E-state index in [0.29, 0.717) is 14.0 Å². The van der Waals surface area contributed by atoms with Crippen LogP contribution in [0.3, 0.4) is 0 Å². The number of imidazole rings is 1. The molecule has 1 saturated heterocycles. The summed E-state index contributed by atoms with van der Waals surface area (Å²) in [6.07, 6.45) is 3.30. The van der Waals surface area contributed by atoms with Gasteiger partial charge in [-0.2, -0.15) is 0 Å². The fourth-order valence-electron chi connectivity index (χ4n) is 3.46. The second-order valence-electron chi connectivity index (χ2n) is 10.6. The van der Waals surface area contributed by atoms with Crippen molar-refractivity contribution in [2.24, 2.45) is 0 Å². The Morgan fingerprint density at radius 3 is 2.41 bits per heavy atom. The highest BCUT2D eigenvalue weighted by molar-refractivity contribution is 6.47. The lowest BCUT2D eigenvalue weighted by molar-refractivity contribution is -0.0893. The van der Waals surface area contributed by atoms with Crippen LogP contribution < -0.4 is 5.46 Å². The number of aromatic amines is 1. The van der Waals surface area contributed by atoms with E-state index < -0.39 is 16.8 Å². The number of amides is 1. The summed E-state index contributed by atoms with van der Waals surface area (Å²) >= 11 is 0. The second-order valence-corrected chi connectivity index (χ2v) is 10.6. The number of H-pyrrole nitrogens is 1. The number of benzene rings is 1. The van der Waals surface area contributed by atoms with Crippen LogP contribution in [0, 0.1) is 0 Å². The molecule has 8 heteroatoms. The van der Waals surface area contributed by atoms with Gasteiger partial charge in [0.15, 0.2) is 0 Å². The Labute approximate surface area is 191 Å². The van der Waals surface area contributed by atoms with E-state index in [-0.39, 0.29) is 12.1 Å². The van der Waals surface area contributed by atoms with Gasteiger partial charge in [-0.25, -0.2) is 9.78 Å². The van der Waals surface area contributed by atoms with Crippen molar-refractivity contribution >= 4 is 19.0 Å². The standard InChI is InChI=1S/C24H36BN3O4/c1-22(2,3)31-21(29)28-14-8-9-19(28)20-26-15-18(27-20)16-10-12-17(13-11-16)25-32-24(6,7)23(4,5)30/h10-13,15,19,25,30H,8-9,14H2,1-7H3,(H,26,27)/t19-/m0/s1. The summed E-state index contributed by atoms with van der Waals surface area (Å²) in [4.78, 5) is 22.3. The third-order valence-electron chi connectivity index (χ3n) is 6.13. The number of hydrogen-bond acceptors (Lipinski definition) is 5. The number of carbonyl (C=O) groups excluding carboxylic acids is 1. The molecule has 0 unspecified atom stereocenters. The first kappa shape index (κ1) is 24.3. The Balaban J connectivity index is 1.67. The molecule has 2 N–H and O–H groups in total. The maximum atomic E-state index is 12.6. The molecule has 1 aliphatic heterocycles. The van der Waals surface area contributed by atoms with Gasteiger partial charge in [0.05, 0.1) is 29.1 Å². The Morgan fingerprint density at radius 2 is 1.81 bits per heavy atom. The molecule has 0 saturated carbocycles. The van der Waals surface area contributed by atoms with Crippen LogP contribution in [0.25, 0.3) is 11.3 Å². The van der Waals surface area contributed by atoms with Gasteiger partial charge in [-0.1, -0.05) is 29.7 Å². The first-order valence-corrected chi connectivity index (χ1v) is 11.3.